The lowest BCUT2D eigenvalue weighted by Gasteiger charge is -2.31. The fraction of sp³-hybridized carbons (Fsp3) is 0.364. The van der Waals surface area contributed by atoms with Gasteiger partial charge in [-0.3, -0.25) is 4.79 Å². The quantitative estimate of drug-likeness (QED) is 0.705. The Balaban J connectivity index is 1.32. The van der Waals surface area contributed by atoms with Crippen LogP contribution in [0.2, 0.25) is 0 Å². The topological polar surface area (TPSA) is 41.4 Å². The van der Waals surface area contributed by atoms with Crippen molar-refractivity contribution in [3.05, 3.63) is 59.7 Å². The van der Waals surface area contributed by atoms with Crippen molar-refractivity contribution >= 4 is 22.9 Å². The summed E-state index contributed by atoms with van der Waals surface area (Å²) in [6.07, 6.45) is 1.86. The first-order valence-electron chi connectivity index (χ1n) is 9.72. The lowest BCUT2D eigenvalue weighted by atomic mass is 9.98. The molecule has 2 aromatic carbocycles. The Labute approximate surface area is 159 Å². The highest BCUT2D eigenvalue weighted by Gasteiger charge is 2.34. The largest absolute Gasteiger partial charge is 0.341 e. The van der Waals surface area contributed by atoms with E-state index >= 15 is 0 Å². The normalized spacial score (nSPS) is 19.5. The number of amides is 1. The molecule has 2 aliphatic rings. The maximum atomic E-state index is 13.1. The van der Waals surface area contributed by atoms with E-state index in [1.54, 1.807) is 0 Å². The molecule has 5 nitrogen and oxygen atoms in total. The Morgan fingerprint density at radius 3 is 2.67 bits per heavy atom. The number of hydrogen-bond donors (Lipinski definition) is 0. The van der Waals surface area contributed by atoms with Crippen LogP contribution >= 0.6 is 0 Å². The number of anilines is 1. The molecule has 0 bridgehead atoms. The van der Waals surface area contributed by atoms with Gasteiger partial charge in [-0.05, 0) is 36.1 Å². The Morgan fingerprint density at radius 1 is 1.04 bits per heavy atom. The van der Waals surface area contributed by atoms with Crippen LogP contribution in [0.25, 0.3) is 11.0 Å². The zero-order valence-electron chi connectivity index (χ0n) is 15.6. The van der Waals surface area contributed by atoms with E-state index in [0.717, 1.165) is 56.0 Å². The summed E-state index contributed by atoms with van der Waals surface area (Å²) in [5, 5.41) is 0. The van der Waals surface area contributed by atoms with Gasteiger partial charge in [-0.2, -0.15) is 0 Å². The lowest BCUT2D eigenvalue weighted by Crippen LogP contribution is -2.40. The molecule has 0 N–H and O–H groups in total. The van der Waals surface area contributed by atoms with Gasteiger partial charge >= 0.3 is 0 Å². The summed E-state index contributed by atoms with van der Waals surface area (Å²) in [4.78, 5) is 22.2. The molecular weight excluding hydrogens is 336 g/mol. The maximum Gasteiger partial charge on any atom is 0.227 e. The number of benzene rings is 2. The van der Waals surface area contributed by atoms with Crippen molar-refractivity contribution in [2.24, 2.45) is 13.0 Å². The number of hydrogen-bond acceptors (Lipinski definition) is 3. The predicted octanol–water partition coefficient (Wildman–Crippen LogP) is 2.98. The number of rotatable bonds is 2. The zero-order chi connectivity index (χ0) is 18.4. The third kappa shape index (κ3) is 2.78. The fourth-order valence-electron chi connectivity index (χ4n) is 4.50. The maximum absolute atomic E-state index is 13.1. The minimum absolute atomic E-state index is 0.0649. The minimum atomic E-state index is 0.0649. The van der Waals surface area contributed by atoms with Crippen LogP contribution in [-0.2, 0) is 24.8 Å². The van der Waals surface area contributed by atoms with E-state index in [4.69, 9.17) is 4.98 Å². The average Bonchev–Trinajstić information content (AvgIpc) is 3.32. The molecule has 1 fully saturated rings. The van der Waals surface area contributed by atoms with Gasteiger partial charge in [-0.1, -0.05) is 36.4 Å². The summed E-state index contributed by atoms with van der Waals surface area (Å²) < 4.78 is 2.14. The first-order valence-corrected chi connectivity index (χ1v) is 9.72. The first-order chi connectivity index (χ1) is 13.2. The summed E-state index contributed by atoms with van der Waals surface area (Å²) in [5.41, 5.74) is 4.82. The van der Waals surface area contributed by atoms with Crippen molar-refractivity contribution in [3.8, 4) is 0 Å². The molecule has 27 heavy (non-hydrogen) atoms. The summed E-state index contributed by atoms with van der Waals surface area (Å²) in [6, 6.07) is 16.7. The molecule has 1 atom stereocenters. The van der Waals surface area contributed by atoms with E-state index in [0.29, 0.717) is 5.91 Å². The van der Waals surface area contributed by atoms with Crippen molar-refractivity contribution in [3.63, 3.8) is 0 Å². The van der Waals surface area contributed by atoms with Gasteiger partial charge in [0.1, 0.15) is 0 Å². The number of aromatic nitrogens is 2. The van der Waals surface area contributed by atoms with Crippen LogP contribution in [-0.4, -0.2) is 40.0 Å². The van der Waals surface area contributed by atoms with E-state index in [9.17, 15) is 4.79 Å². The molecule has 0 aliphatic carbocycles. The monoisotopic (exact) mass is 360 g/mol. The van der Waals surface area contributed by atoms with Crippen LogP contribution in [0, 0.1) is 5.92 Å². The Bertz CT molecular complexity index is 1010. The summed E-state index contributed by atoms with van der Waals surface area (Å²) >= 11 is 0. The standard InChI is InChI=1S/C22H24N4O/c1-24-20-9-5-4-8-19(20)23-22(24)26-13-11-18(15-26)21(27)25-12-10-16-6-2-3-7-17(16)14-25/h2-9,18H,10-15H2,1H3. The van der Waals surface area contributed by atoms with Gasteiger partial charge in [0.25, 0.3) is 0 Å². The average molecular weight is 360 g/mol. The third-order valence-electron chi connectivity index (χ3n) is 6.03. The zero-order valence-corrected chi connectivity index (χ0v) is 15.6. The van der Waals surface area contributed by atoms with Gasteiger partial charge in [-0.15, -0.1) is 0 Å². The van der Waals surface area contributed by atoms with Crippen LogP contribution in [0.3, 0.4) is 0 Å². The molecule has 138 valence electrons. The van der Waals surface area contributed by atoms with Crippen molar-refractivity contribution < 1.29 is 4.79 Å². The molecule has 1 unspecified atom stereocenters. The summed E-state index contributed by atoms with van der Waals surface area (Å²) in [5.74, 6) is 1.33. The number of carbonyl (C=O) groups excluding carboxylic acids is 1. The molecule has 1 saturated heterocycles. The molecule has 0 saturated carbocycles. The van der Waals surface area contributed by atoms with Crippen LogP contribution in [0.4, 0.5) is 5.95 Å². The number of carbonyl (C=O) groups is 1. The van der Waals surface area contributed by atoms with E-state index in [1.807, 2.05) is 23.1 Å². The molecule has 3 aromatic rings. The fourth-order valence-corrected chi connectivity index (χ4v) is 4.50. The second kappa shape index (κ2) is 6.41. The van der Waals surface area contributed by atoms with Gasteiger partial charge in [0.15, 0.2) is 0 Å². The molecule has 5 rings (SSSR count). The molecular formula is C22H24N4O. The highest BCUT2D eigenvalue weighted by Crippen LogP contribution is 2.28. The lowest BCUT2D eigenvalue weighted by molar-refractivity contribution is -0.135. The Hall–Kier alpha value is -2.82. The van der Waals surface area contributed by atoms with Crippen LogP contribution < -0.4 is 4.90 Å². The van der Waals surface area contributed by atoms with E-state index in [-0.39, 0.29) is 5.92 Å². The number of aryl methyl sites for hydroxylation is 1. The molecule has 0 radical (unpaired) electrons. The molecule has 1 aromatic heterocycles. The van der Waals surface area contributed by atoms with Crippen LogP contribution in [0.5, 0.6) is 0 Å². The summed E-state index contributed by atoms with van der Waals surface area (Å²) in [6.45, 7) is 3.22. The highest BCUT2D eigenvalue weighted by atomic mass is 16.2. The predicted molar refractivity (Wildman–Crippen MR) is 107 cm³/mol. The van der Waals surface area contributed by atoms with E-state index < -0.39 is 0 Å². The molecule has 1 amide bonds. The van der Waals surface area contributed by atoms with Crippen LogP contribution in [0.15, 0.2) is 48.5 Å². The van der Waals surface area contributed by atoms with Crippen molar-refractivity contribution in [1.82, 2.24) is 14.5 Å². The second-order valence-electron chi connectivity index (χ2n) is 7.67. The number of imidazole rings is 1. The van der Waals surface area contributed by atoms with Crippen molar-refractivity contribution in [2.75, 3.05) is 24.5 Å². The van der Waals surface area contributed by atoms with Gasteiger partial charge in [0, 0.05) is 33.2 Å². The van der Waals surface area contributed by atoms with Gasteiger partial charge < -0.3 is 14.4 Å². The van der Waals surface area contributed by atoms with Gasteiger partial charge in [0.2, 0.25) is 11.9 Å². The van der Waals surface area contributed by atoms with Gasteiger partial charge in [0.05, 0.1) is 17.0 Å². The summed E-state index contributed by atoms with van der Waals surface area (Å²) in [7, 11) is 2.06. The van der Waals surface area contributed by atoms with E-state index in [1.165, 1.54) is 11.1 Å². The van der Waals surface area contributed by atoms with Crippen molar-refractivity contribution in [1.29, 1.82) is 0 Å². The van der Waals surface area contributed by atoms with Crippen molar-refractivity contribution in [2.45, 2.75) is 19.4 Å². The molecule has 2 aliphatic heterocycles. The second-order valence-corrected chi connectivity index (χ2v) is 7.67. The smallest absolute Gasteiger partial charge is 0.227 e. The van der Waals surface area contributed by atoms with Gasteiger partial charge in [-0.25, -0.2) is 4.98 Å². The Kier molecular flexibility index (Phi) is 3.88. The molecule has 5 heteroatoms. The SMILES string of the molecule is Cn1c(N2CCC(C(=O)N3CCc4ccccc4C3)C2)nc2ccccc21. The third-order valence-corrected chi connectivity index (χ3v) is 6.03. The molecule has 0 spiro atoms. The number of fused-ring (bicyclic) bond motifs is 2. The highest BCUT2D eigenvalue weighted by molar-refractivity contribution is 5.82. The first kappa shape index (κ1) is 16.4. The van der Waals surface area contributed by atoms with Crippen LogP contribution in [0.1, 0.15) is 17.5 Å². The number of para-hydroxylation sites is 2. The molecule has 3 heterocycles. The van der Waals surface area contributed by atoms with E-state index in [2.05, 4.69) is 46.8 Å². The Morgan fingerprint density at radius 2 is 1.81 bits per heavy atom. The number of nitrogens with zero attached hydrogens (tertiary/aromatic N) is 4. The minimum Gasteiger partial charge on any atom is -0.341 e.